The first kappa shape index (κ1) is 20.6. The van der Waals surface area contributed by atoms with Crippen molar-refractivity contribution in [3.63, 3.8) is 0 Å². The number of hydrogen-bond donors (Lipinski definition) is 1. The quantitative estimate of drug-likeness (QED) is 0.648. The molecule has 9 heteroatoms. The molecule has 0 saturated carbocycles. The second-order valence-electron chi connectivity index (χ2n) is 7.07. The van der Waals surface area contributed by atoms with Gasteiger partial charge in [-0.05, 0) is 30.7 Å². The molecule has 0 atom stereocenters. The Hall–Kier alpha value is -2.71. The van der Waals surface area contributed by atoms with Gasteiger partial charge in [0.25, 0.3) is 0 Å². The van der Waals surface area contributed by atoms with Gasteiger partial charge in [0, 0.05) is 45.2 Å². The number of nitrogens with one attached hydrogen (secondary N) is 1. The highest BCUT2D eigenvalue weighted by Gasteiger charge is 2.21. The molecule has 0 bridgehead atoms. The third-order valence-corrected chi connectivity index (χ3v) is 6.36. The van der Waals surface area contributed by atoms with Crippen LogP contribution in [0.4, 0.5) is 10.8 Å². The third-order valence-electron chi connectivity index (χ3n) is 4.99. The maximum atomic E-state index is 12.6. The minimum absolute atomic E-state index is 0.00266. The van der Waals surface area contributed by atoms with Crippen molar-refractivity contribution in [2.24, 2.45) is 0 Å². The summed E-state index contributed by atoms with van der Waals surface area (Å²) in [6, 6.07) is 10.9. The van der Waals surface area contributed by atoms with Crippen LogP contribution in [0.15, 0.2) is 42.6 Å². The van der Waals surface area contributed by atoms with Gasteiger partial charge in [0.05, 0.1) is 10.7 Å². The number of aromatic nitrogens is 2. The highest BCUT2D eigenvalue weighted by atomic mass is 35.5. The lowest BCUT2D eigenvalue weighted by Crippen LogP contribution is -2.35. The number of carbonyl (C=O) groups is 2. The maximum absolute atomic E-state index is 12.6. The Labute approximate surface area is 183 Å². The van der Waals surface area contributed by atoms with Crippen molar-refractivity contribution in [2.45, 2.75) is 19.3 Å². The summed E-state index contributed by atoms with van der Waals surface area (Å²) < 4.78 is 0. The molecule has 1 saturated heterocycles. The molecule has 0 aliphatic carbocycles. The first-order valence-electron chi connectivity index (χ1n) is 9.89. The standard InChI is InChI=1S/C21H22ClN5O2S/c22-15-5-1-2-6-16(15)24-18(28)8-9-19(29)26-11-4-12-27(14-13-26)21-25-17-7-3-10-23-20(17)30-21/h1-3,5-7,10H,4,8-9,11-14H2,(H,24,28). The molecule has 0 spiro atoms. The molecule has 0 radical (unpaired) electrons. The molecule has 1 aliphatic heterocycles. The molecule has 1 aliphatic rings. The van der Waals surface area contributed by atoms with E-state index >= 15 is 0 Å². The number of amides is 2. The first-order chi connectivity index (χ1) is 14.6. The number of pyridine rings is 1. The van der Waals surface area contributed by atoms with Crippen molar-refractivity contribution in [2.75, 3.05) is 36.4 Å². The fourth-order valence-electron chi connectivity index (χ4n) is 3.41. The van der Waals surface area contributed by atoms with E-state index in [9.17, 15) is 9.59 Å². The highest BCUT2D eigenvalue weighted by Crippen LogP contribution is 2.27. The van der Waals surface area contributed by atoms with Gasteiger partial charge in [-0.3, -0.25) is 9.59 Å². The van der Waals surface area contributed by atoms with Gasteiger partial charge in [0.1, 0.15) is 10.3 Å². The number of para-hydroxylation sites is 1. The number of anilines is 2. The van der Waals surface area contributed by atoms with Crippen molar-refractivity contribution in [3.05, 3.63) is 47.6 Å². The lowest BCUT2D eigenvalue weighted by Gasteiger charge is -2.21. The van der Waals surface area contributed by atoms with Crippen LogP contribution in [0.2, 0.25) is 5.02 Å². The monoisotopic (exact) mass is 443 g/mol. The Morgan fingerprint density at radius 3 is 2.77 bits per heavy atom. The zero-order chi connectivity index (χ0) is 20.9. The Morgan fingerprint density at radius 2 is 1.93 bits per heavy atom. The molecule has 4 rings (SSSR count). The summed E-state index contributed by atoms with van der Waals surface area (Å²) in [6.45, 7) is 2.87. The van der Waals surface area contributed by atoms with Crippen LogP contribution >= 0.6 is 22.9 Å². The van der Waals surface area contributed by atoms with Crippen LogP contribution in [-0.4, -0.2) is 52.9 Å². The van der Waals surface area contributed by atoms with E-state index in [0.29, 0.717) is 23.8 Å². The molecule has 2 amide bonds. The van der Waals surface area contributed by atoms with Gasteiger partial charge in [-0.15, -0.1) is 0 Å². The van der Waals surface area contributed by atoms with Crippen molar-refractivity contribution >= 4 is 55.9 Å². The normalized spacial score (nSPS) is 14.6. The van der Waals surface area contributed by atoms with E-state index < -0.39 is 0 Å². The summed E-state index contributed by atoms with van der Waals surface area (Å²) in [7, 11) is 0. The molecule has 7 nitrogen and oxygen atoms in total. The second kappa shape index (κ2) is 9.40. The average Bonchev–Trinajstić information content (AvgIpc) is 3.03. The smallest absolute Gasteiger partial charge is 0.224 e. The van der Waals surface area contributed by atoms with Gasteiger partial charge in [-0.2, -0.15) is 0 Å². The van der Waals surface area contributed by atoms with E-state index in [2.05, 4.69) is 20.2 Å². The van der Waals surface area contributed by atoms with E-state index in [1.54, 1.807) is 41.8 Å². The number of fused-ring (bicyclic) bond motifs is 1. The summed E-state index contributed by atoms with van der Waals surface area (Å²) in [4.78, 5) is 38.8. The molecule has 1 aromatic carbocycles. The number of benzene rings is 1. The van der Waals surface area contributed by atoms with Crippen molar-refractivity contribution < 1.29 is 9.59 Å². The predicted molar refractivity (Wildman–Crippen MR) is 120 cm³/mol. The molecule has 0 unspecified atom stereocenters. The van der Waals surface area contributed by atoms with Crippen LogP contribution in [0.3, 0.4) is 0 Å². The van der Waals surface area contributed by atoms with Crippen molar-refractivity contribution in [1.29, 1.82) is 0 Å². The van der Waals surface area contributed by atoms with Crippen LogP contribution in [0.1, 0.15) is 19.3 Å². The van der Waals surface area contributed by atoms with Crippen LogP contribution in [-0.2, 0) is 9.59 Å². The zero-order valence-corrected chi connectivity index (χ0v) is 18.0. The van der Waals surface area contributed by atoms with Crippen LogP contribution in [0.5, 0.6) is 0 Å². The number of rotatable bonds is 5. The molecular formula is C21H22ClN5O2S. The summed E-state index contributed by atoms with van der Waals surface area (Å²) in [6.07, 6.45) is 2.95. The molecule has 3 aromatic rings. The maximum Gasteiger partial charge on any atom is 0.224 e. The summed E-state index contributed by atoms with van der Waals surface area (Å²) >= 11 is 7.63. The highest BCUT2D eigenvalue weighted by molar-refractivity contribution is 7.21. The Bertz CT molecular complexity index is 1020. The largest absolute Gasteiger partial charge is 0.346 e. The van der Waals surface area contributed by atoms with Crippen molar-refractivity contribution in [3.8, 4) is 0 Å². The number of hydrogen-bond acceptors (Lipinski definition) is 6. The van der Waals surface area contributed by atoms with Crippen molar-refractivity contribution in [1.82, 2.24) is 14.9 Å². The number of carbonyl (C=O) groups excluding carboxylic acids is 2. The van der Waals surface area contributed by atoms with E-state index in [4.69, 9.17) is 11.6 Å². The SMILES string of the molecule is O=C(CCC(=O)N1CCCN(c2nc3cccnc3s2)CC1)Nc1ccccc1Cl. The first-order valence-corrected chi connectivity index (χ1v) is 11.1. The molecule has 3 heterocycles. The predicted octanol–water partition coefficient (Wildman–Crippen LogP) is 3.80. The Balaban J connectivity index is 1.29. The third kappa shape index (κ3) is 4.88. The summed E-state index contributed by atoms with van der Waals surface area (Å²) in [5, 5.41) is 4.18. The van der Waals surface area contributed by atoms with Gasteiger partial charge in [-0.1, -0.05) is 35.1 Å². The molecule has 2 aromatic heterocycles. The van der Waals surface area contributed by atoms with Crippen LogP contribution < -0.4 is 10.2 Å². The number of halogens is 1. The van der Waals surface area contributed by atoms with Gasteiger partial charge >= 0.3 is 0 Å². The zero-order valence-electron chi connectivity index (χ0n) is 16.4. The van der Waals surface area contributed by atoms with Gasteiger partial charge in [0.2, 0.25) is 11.8 Å². The lowest BCUT2D eigenvalue weighted by molar-refractivity contribution is -0.132. The fraction of sp³-hybridized carbons (Fsp3) is 0.333. The van der Waals surface area contributed by atoms with E-state index in [1.807, 2.05) is 17.0 Å². The van der Waals surface area contributed by atoms with Gasteiger partial charge in [-0.25, -0.2) is 9.97 Å². The minimum atomic E-state index is -0.213. The van der Waals surface area contributed by atoms with Crippen LogP contribution in [0, 0.1) is 0 Å². The molecule has 156 valence electrons. The van der Waals surface area contributed by atoms with Gasteiger partial charge in [0.15, 0.2) is 5.13 Å². The molecule has 30 heavy (non-hydrogen) atoms. The van der Waals surface area contributed by atoms with E-state index in [0.717, 1.165) is 35.0 Å². The molecule has 1 fully saturated rings. The lowest BCUT2D eigenvalue weighted by atomic mass is 10.2. The fourth-order valence-corrected chi connectivity index (χ4v) is 4.55. The minimum Gasteiger partial charge on any atom is -0.346 e. The average molecular weight is 444 g/mol. The second-order valence-corrected chi connectivity index (χ2v) is 8.44. The number of thiazole rings is 1. The summed E-state index contributed by atoms with van der Waals surface area (Å²) in [5.74, 6) is -0.216. The van der Waals surface area contributed by atoms with Gasteiger partial charge < -0.3 is 15.1 Å². The Kier molecular flexibility index (Phi) is 6.44. The Morgan fingerprint density at radius 1 is 1.07 bits per heavy atom. The van der Waals surface area contributed by atoms with E-state index in [-0.39, 0.29) is 24.7 Å². The van der Waals surface area contributed by atoms with E-state index in [1.165, 1.54) is 0 Å². The molecular weight excluding hydrogens is 422 g/mol. The van der Waals surface area contributed by atoms with Crippen LogP contribution in [0.25, 0.3) is 10.3 Å². The summed E-state index contributed by atoms with van der Waals surface area (Å²) in [5.41, 5.74) is 1.46. The number of nitrogens with zero attached hydrogens (tertiary/aromatic N) is 4. The molecule has 1 N–H and O–H groups in total. The topological polar surface area (TPSA) is 78.4 Å².